The second-order valence-electron chi connectivity index (χ2n) is 4.16. The highest BCUT2D eigenvalue weighted by atomic mass is 15.2. The Balaban J connectivity index is 2.29. The van der Waals surface area contributed by atoms with Crippen molar-refractivity contribution in [3.63, 3.8) is 0 Å². The summed E-state index contributed by atoms with van der Waals surface area (Å²) >= 11 is 0. The molecule has 3 nitrogen and oxygen atoms in total. The summed E-state index contributed by atoms with van der Waals surface area (Å²) in [5, 5.41) is 0. The van der Waals surface area contributed by atoms with Gasteiger partial charge in [-0.3, -0.25) is 0 Å². The van der Waals surface area contributed by atoms with Gasteiger partial charge in [-0.25, -0.2) is 4.98 Å². The maximum absolute atomic E-state index is 4.45. The second kappa shape index (κ2) is 5.04. The summed E-state index contributed by atoms with van der Waals surface area (Å²) in [7, 11) is 0. The fourth-order valence-corrected chi connectivity index (χ4v) is 1.98. The zero-order valence-electron chi connectivity index (χ0n) is 10.7. The van der Waals surface area contributed by atoms with E-state index in [-0.39, 0.29) is 0 Å². The fraction of sp³-hybridized carbons (Fsp3) is 0.357. The minimum absolute atomic E-state index is 0.940. The van der Waals surface area contributed by atoms with E-state index < -0.39 is 0 Å². The van der Waals surface area contributed by atoms with Gasteiger partial charge in [-0.1, -0.05) is 23.8 Å². The molecule has 2 aromatic rings. The van der Waals surface area contributed by atoms with E-state index >= 15 is 0 Å². The lowest BCUT2D eigenvalue weighted by atomic mass is 10.1. The van der Waals surface area contributed by atoms with Gasteiger partial charge < -0.3 is 9.88 Å². The van der Waals surface area contributed by atoms with Gasteiger partial charge in [-0.2, -0.15) is 0 Å². The van der Waals surface area contributed by atoms with E-state index in [1.54, 1.807) is 0 Å². The van der Waals surface area contributed by atoms with E-state index in [0.29, 0.717) is 0 Å². The summed E-state index contributed by atoms with van der Waals surface area (Å²) in [4.78, 5) is 10.1. The maximum Gasteiger partial charge on any atom is 0.138 e. The zero-order chi connectivity index (χ0) is 12.3. The summed E-state index contributed by atoms with van der Waals surface area (Å²) in [6.07, 6.45) is 1.91. The van der Waals surface area contributed by atoms with Crippen molar-refractivity contribution in [2.24, 2.45) is 0 Å². The van der Waals surface area contributed by atoms with Crippen LogP contribution in [0.15, 0.2) is 30.5 Å². The van der Waals surface area contributed by atoms with E-state index in [2.05, 4.69) is 59.9 Å². The SMILES string of the molecule is CCN(CC)c1cnc(-c2cccc(C)c2)[nH]1. The van der Waals surface area contributed by atoms with E-state index in [9.17, 15) is 0 Å². The number of nitrogens with one attached hydrogen (secondary N) is 1. The molecule has 0 atom stereocenters. The Bertz CT molecular complexity index is 484. The molecule has 0 saturated heterocycles. The van der Waals surface area contributed by atoms with Gasteiger partial charge in [0.1, 0.15) is 11.6 Å². The van der Waals surface area contributed by atoms with Crippen LogP contribution in [0.5, 0.6) is 0 Å². The Morgan fingerprint density at radius 2 is 2.00 bits per heavy atom. The van der Waals surface area contributed by atoms with Gasteiger partial charge in [0.25, 0.3) is 0 Å². The predicted molar refractivity (Wildman–Crippen MR) is 72.3 cm³/mol. The number of aromatic nitrogens is 2. The van der Waals surface area contributed by atoms with Crippen molar-refractivity contribution in [1.82, 2.24) is 9.97 Å². The Morgan fingerprint density at radius 1 is 1.24 bits per heavy atom. The number of hydrogen-bond donors (Lipinski definition) is 1. The molecular formula is C14H19N3. The van der Waals surface area contributed by atoms with Crippen molar-refractivity contribution in [3.05, 3.63) is 36.0 Å². The minimum Gasteiger partial charge on any atom is -0.357 e. The van der Waals surface area contributed by atoms with Crippen LogP contribution in [0, 0.1) is 6.92 Å². The first kappa shape index (κ1) is 11.7. The summed E-state index contributed by atoms with van der Waals surface area (Å²) in [5.41, 5.74) is 2.40. The lowest BCUT2D eigenvalue weighted by Crippen LogP contribution is -2.21. The molecule has 0 bridgehead atoms. The van der Waals surface area contributed by atoms with Crippen LogP contribution in [0.3, 0.4) is 0 Å². The number of anilines is 1. The largest absolute Gasteiger partial charge is 0.357 e. The van der Waals surface area contributed by atoms with Crippen molar-refractivity contribution in [2.75, 3.05) is 18.0 Å². The molecule has 0 unspecified atom stereocenters. The molecule has 2 rings (SSSR count). The smallest absolute Gasteiger partial charge is 0.138 e. The van der Waals surface area contributed by atoms with Gasteiger partial charge >= 0.3 is 0 Å². The molecule has 0 aliphatic carbocycles. The third-order valence-electron chi connectivity index (χ3n) is 2.96. The normalized spacial score (nSPS) is 10.5. The number of aryl methyl sites for hydroxylation is 1. The van der Waals surface area contributed by atoms with Gasteiger partial charge in [0, 0.05) is 18.7 Å². The highest BCUT2D eigenvalue weighted by Gasteiger charge is 2.07. The summed E-state index contributed by atoms with van der Waals surface area (Å²) in [6.45, 7) is 8.38. The minimum atomic E-state index is 0.940. The first-order chi connectivity index (χ1) is 8.24. The van der Waals surface area contributed by atoms with E-state index in [1.807, 2.05) is 6.20 Å². The highest BCUT2D eigenvalue weighted by Crippen LogP contribution is 2.20. The number of hydrogen-bond acceptors (Lipinski definition) is 2. The second-order valence-corrected chi connectivity index (χ2v) is 4.16. The molecule has 0 saturated carbocycles. The number of imidazole rings is 1. The molecule has 0 spiro atoms. The van der Waals surface area contributed by atoms with E-state index in [4.69, 9.17) is 0 Å². The van der Waals surface area contributed by atoms with Crippen LogP contribution in [0.2, 0.25) is 0 Å². The first-order valence-electron chi connectivity index (χ1n) is 6.11. The molecule has 0 amide bonds. The highest BCUT2D eigenvalue weighted by molar-refractivity contribution is 5.59. The number of rotatable bonds is 4. The lowest BCUT2D eigenvalue weighted by molar-refractivity contribution is 0.851. The monoisotopic (exact) mass is 229 g/mol. The van der Waals surface area contributed by atoms with Crippen LogP contribution in [-0.4, -0.2) is 23.1 Å². The molecule has 0 fully saturated rings. The Kier molecular flexibility index (Phi) is 3.47. The van der Waals surface area contributed by atoms with E-state index in [1.165, 1.54) is 5.56 Å². The third kappa shape index (κ3) is 2.49. The van der Waals surface area contributed by atoms with Crippen LogP contribution in [-0.2, 0) is 0 Å². The van der Waals surface area contributed by atoms with E-state index in [0.717, 1.165) is 30.3 Å². The van der Waals surface area contributed by atoms with Crippen molar-refractivity contribution < 1.29 is 0 Å². The summed E-state index contributed by atoms with van der Waals surface area (Å²) < 4.78 is 0. The van der Waals surface area contributed by atoms with Crippen LogP contribution >= 0.6 is 0 Å². The third-order valence-corrected chi connectivity index (χ3v) is 2.96. The van der Waals surface area contributed by atoms with Gasteiger partial charge in [0.05, 0.1) is 6.20 Å². The van der Waals surface area contributed by atoms with Crippen LogP contribution < -0.4 is 4.90 Å². The maximum atomic E-state index is 4.45. The summed E-state index contributed by atoms with van der Waals surface area (Å²) in [5.74, 6) is 2.03. The molecule has 0 aliphatic rings. The number of nitrogens with zero attached hydrogens (tertiary/aromatic N) is 2. The van der Waals surface area contributed by atoms with Crippen molar-refractivity contribution in [2.45, 2.75) is 20.8 Å². The van der Waals surface area contributed by atoms with Gasteiger partial charge in [0.15, 0.2) is 0 Å². The number of benzene rings is 1. The molecule has 1 heterocycles. The molecule has 1 N–H and O–H groups in total. The topological polar surface area (TPSA) is 31.9 Å². The van der Waals surface area contributed by atoms with Gasteiger partial charge in [-0.05, 0) is 26.8 Å². The van der Waals surface area contributed by atoms with Crippen LogP contribution in [0.4, 0.5) is 5.82 Å². The van der Waals surface area contributed by atoms with Crippen molar-refractivity contribution in [1.29, 1.82) is 0 Å². The van der Waals surface area contributed by atoms with Gasteiger partial charge in [-0.15, -0.1) is 0 Å². The van der Waals surface area contributed by atoms with Crippen molar-refractivity contribution in [3.8, 4) is 11.4 Å². The van der Waals surface area contributed by atoms with Crippen LogP contribution in [0.1, 0.15) is 19.4 Å². The molecular weight excluding hydrogens is 210 g/mol. The number of H-pyrrole nitrogens is 1. The predicted octanol–water partition coefficient (Wildman–Crippen LogP) is 3.23. The average molecular weight is 229 g/mol. The Hall–Kier alpha value is -1.77. The first-order valence-corrected chi connectivity index (χ1v) is 6.11. The lowest BCUT2D eigenvalue weighted by Gasteiger charge is -2.17. The molecule has 1 aromatic carbocycles. The van der Waals surface area contributed by atoms with Crippen molar-refractivity contribution >= 4 is 5.82 Å². The molecule has 90 valence electrons. The molecule has 0 radical (unpaired) electrons. The molecule has 1 aromatic heterocycles. The molecule has 17 heavy (non-hydrogen) atoms. The molecule has 3 heteroatoms. The van der Waals surface area contributed by atoms with Gasteiger partial charge in [0.2, 0.25) is 0 Å². The number of aromatic amines is 1. The zero-order valence-corrected chi connectivity index (χ0v) is 10.7. The molecule has 0 aliphatic heterocycles. The average Bonchev–Trinajstić information content (AvgIpc) is 2.80. The Morgan fingerprint density at radius 3 is 2.65 bits per heavy atom. The quantitative estimate of drug-likeness (QED) is 0.872. The fourth-order valence-electron chi connectivity index (χ4n) is 1.98. The summed E-state index contributed by atoms with van der Waals surface area (Å²) in [6, 6.07) is 8.38. The standard InChI is InChI=1S/C14H19N3/c1-4-17(5-2)13-10-15-14(16-13)12-8-6-7-11(3)9-12/h6-10H,4-5H2,1-3H3,(H,15,16). The van der Waals surface area contributed by atoms with Crippen LogP contribution in [0.25, 0.3) is 11.4 Å². The Labute approximate surface area is 103 Å².